The number of hydrogen-bond acceptors (Lipinski definition) is 0. The van der Waals surface area contributed by atoms with E-state index in [-0.39, 0.29) is 0 Å². The molecule has 0 amide bonds. The molecule has 0 saturated heterocycles. The van der Waals surface area contributed by atoms with Crippen molar-refractivity contribution in [3.05, 3.63) is 87.3 Å². The Hall–Kier alpha value is -2.67. The average Bonchev–Trinajstić information content (AvgIpc) is 2.81. The number of rotatable bonds is 3. The molecule has 35 heavy (non-hydrogen) atoms. The number of hydrogen-bond donors (Lipinski definition) is 0. The van der Waals surface area contributed by atoms with Gasteiger partial charge in [-0.05, 0) is 0 Å². The third kappa shape index (κ3) is 3.53. The highest BCUT2D eigenvalue weighted by Gasteiger charge is 2.61. The van der Waals surface area contributed by atoms with Crippen molar-refractivity contribution in [2.24, 2.45) is 0 Å². The lowest BCUT2D eigenvalue weighted by atomic mass is 10.3. The molecule has 3 aromatic carbocycles. The van der Waals surface area contributed by atoms with Gasteiger partial charge in [-0.25, -0.2) is 39.5 Å². The molecule has 0 unspecified atom stereocenters. The van der Waals surface area contributed by atoms with Gasteiger partial charge in [0.05, 0.1) is 0 Å². The van der Waals surface area contributed by atoms with Crippen molar-refractivity contribution in [2.75, 3.05) is 0 Å². The SMILES string of the molecule is Fc1c(F)c(F)c([P+](Cl)(c2c(F)c(F)c(F)c(F)c2F)c2c(F)c(F)c(F)c(F)c2F)c(F)c1F. The first kappa shape index (κ1) is 26.9. The molecule has 0 aromatic heterocycles. The number of halogens is 16. The van der Waals surface area contributed by atoms with Crippen LogP contribution in [0.2, 0.25) is 0 Å². The molecule has 0 atom stereocenters. The zero-order valence-electron chi connectivity index (χ0n) is 15.5. The van der Waals surface area contributed by atoms with E-state index in [1.54, 1.807) is 0 Å². The Morgan fingerprint density at radius 3 is 0.514 bits per heavy atom. The first-order valence-corrected chi connectivity index (χ1v) is 10.9. The molecule has 0 aliphatic heterocycles. The first-order chi connectivity index (χ1) is 16.0. The predicted octanol–water partition coefficient (Wildman–Crippen LogP) is 6.22. The zero-order valence-corrected chi connectivity index (χ0v) is 17.1. The molecule has 17 heteroatoms. The summed E-state index contributed by atoms with van der Waals surface area (Å²) in [4.78, 5) is 0. The molecule has 0 N–H and O–H groups in total. The van der Waals surface area contributed by atoms with Gasteiger partial charge in [-0.15, -0.1) is 0 Å². The lowest BCUT2D eigenvalue weighted by Gasteiger charge is -2.23. The van der Waals surface area contributed by atoms with Gasteiger partial charge in [0.25, 0.3) is 0 Å². The molecule has 188 valence electrons. The second-order valence-corrected chi connectivity index (χ2v) is 10.4. The fourth-order valence-corrected chi connectivity index (χ4v) is 7.15. The third-order valence-corrected chi connectivity index (χ3v) is 9.03. The first-order valence-electron chi connectivity index (χ1n) is 8.17. The summed E-state index contributed by atoms with van der Waals surface area (Å²) in [6, 6.07) is 0. The highest BCUT2D eigenvalue weighted by Crippen LogP contribution is 2.64. The lowest BCUT2D eigenvalue weighted by Crippen LogP contribution is -2.41. The van der Waals surface area contributed by atoms with Crippen LogP contribution in [0.25, 0.3) is 0 Å². The molecule has 3 rings (SSSR count). The summed E-state index contributed by atoms with van der Waals surface area (Å²) in [6.07, 6.45) is 0. The van der Waals surface area contributed by atoms with E-state index in [1.165, 1.54) is 0 Å². The second kappa shape index (κ2) is 8.77. The van der Waals surface area contributed by atoms with Crippen LogP contribution in [0.15, 0.2) is 0 Å². The van der Waals surface area contributed by atoms with Gasteiger partial charge >= 0.3 is 0 Å². The molecule has 0 saturated carbocycles. The number of benzene rings is 3. The van der Waals surface area contributed by atoms with Crippen LogP contribution in [-0.2, 0) is 0 Å². The quantitative estimate of drug-likeness (QED) is 0.153. The van der Waals surface area contributed by atoms with Crippen LogP contribution in [0.5, 0.6) is 0 Å². The standard InChI is InChI=1S/C18ClF15P/c19-35(16-10(29)4(23)1(20)5(24)11(16)30,17-12(31)6(25)2(21)7(26)13(17)32)18-14(33)8(27)3(22)9(28)15(18)34/q+1. The molecule has 0 aliphatic carbocycles. The summed E-state index contributed by atoms with van der Waals surface area (Å²) < 4.78 is 211. The molecule has 0 aliphatic rings. The maximum Gasteiger partial charge on any atom is 0.229 e. The van der Waals surface area contributed by atoms with Crippen molar-refractivity contribution >= 4 is 33.8 Å². The molecule has 0 nitrogen and oxygen atoms in total. The Kier molecular flexibility index (Phi) is 6.75. The van der Waals surface area contributed by atoms with Crippen molar-refractivity contribution in [3.63, 3.8) is 0 Å². The van der Waals surface area contributed by atoms with E-state index in [2.05, 4.69) is 0 Å². The molecule has 0 radical (unpaired) electrons. The largest absolute Gasteiger partial charge is 0.229 e. The molecule has 0 spiro atoms. The normalized spacial score (nSPS) is 12.0. The van der Waals surface area contributed by atoms with E-state index in [1.807, 2.05) is 0 Å². The monoisotopic (exact) mass is 567 g/mol. The summed E-state index contributed by atoms with van der Waals surface area (Å²) in [5.74, 6) is -46.3. The van der Waals surface area contributed by atoms with Crippen LogP contribution >= 0.6 is 17.9 Å². The maximum atomic E-state index is 14.6. The van der Waals surface area contributed by atoms with Crippen LogP contribution < -0.4 is 15.9 Å². The van der Waals surface area contributed by atoms with Gasteiger partial charge in [0, 0.05) is 0 Å². The summed E-state index contributed by atoms with van der Waals surface area (Å²) in [6.45, 7) is -6.69. The summed E-state index contributed by atoms with van der Waals surface area (Å²) in [5.41, 5.74) is 0. The Bertz CT molecular complexity index is 1170. The van der Waals surface area contributed by atoms with Gasteiger partial charge in [0.15, 0.2) is 15.9 Å². The van der Waals surface area contributed by atoms with Crippen molar-refractivity contribution < 1.29 is 65.9 Å². The Labute approximate surface area is 187 Å². The van der Waals surface area contributed by atoms with Gasteiger partial charge < -0.3 is 0 Å². The van der Waals surface area contributed by atoms with Crippen molar-refractivity contribution in [1.29, 1.82) is 0 Å². The Morgan fingerprint density at radius 2 is 0.371 bits per heavy atom. The molecular weight excluding hydrogens is 568 g/mol. The molecule has 0 heterocycles. The maximum absolute atomic E-state index is 14.6. The molecular formula is C18ClF15P+. The predicted molar refractivity (Wildman–Crippen MR) is 90.4 cm³/mol. The van der Waals surface area contributed by atoms with E-state index < -0.39 is 110 Å². The highest BCUT2D eigenvalue weighted by molar-refractivity contribution is 8.15. The molecule has 0 bridgehead atoms. The van der Waals surface area contributed by atoms with Crippen LogP contribution in [0, 0.1) is 87.3 Å². The van der Waals surface area contributed by atoms with Crippen molar-refractivity contribution in [3.8, 4) is 0 Å². The Morgan fingerprint density at radius 1 is 0.257 bits per heavy atom. The van der Waals surface area contributed by atoms with Gasteiger partial charge in [0.2, 0.25) is 93.9 Å². The fraction of sp³-hybridized carbons (Fsp3) is 0. The van der Waals surface area contributed by atoms with Gasteiger partial charge in [-0.3, -0.25) is 0 Å². The molecule has 3 aromatic rings. The minimum absolute atomic E-state index is 2.82. The summed E-state index contributed by atoms with van der Waals surface area (Å²) in [5, 5.41) is -8.45. The average molecular weight is 568 g/mol. The fourth-order valence-electron chi connectivity index (χ4n) is 2.93. The van der Waals surface area contributed by atoms with Crippen molar-refractivity contribution in [2.45, 2.75) is 0 Å². The highest BCUT2D eigenvalue weighted by atomic mass is 35.7. The van der Waals surface area contributed by atoms with E-state index in [9.17, 15) is 65.9 Å². The lowest BCUT2D eigenvalue weighted by molar-refractivity contribution is 0.381. The van der Waals surface area contributed by atoms with Crippen LogP contribution in [0.3, 0.4) is 0 Å². The van der Waals surface area contributed by atoms with Gasteiger partial charge in [0.1, 0.15) is 11.2 Å². The van der Waals surface area contributed by atoms with E-state index in [0.29, 0.717) is 0 Å². The second-order valence-electron chi connectivity index (χ2n) is 6.34. The minimum Gasteiger partial charge on any atom is -0.200 e. The van der Waals surface area contributed by atoms with E-state index in [0.717, 1.165) is 0 Å². The zero-order chi connectivity index (χ0) is 26.9. The van der Waals surface area contributed by atoms with Crippen LogP contribution in [0.1, 0.15) is 0 Å². The summed E-state index contributed by atoms with van der Waals surface area (Å²) >= 11 is 5.64. The minimum atomic E-state index is -6.69. The van der Waals surface area contributed by atoms with Crippen molar-refractivity contribution in [1.82, 2.24) is 0 Å². The summed E-state index contributed by atoms with van der Waals surface area (Å²) in [7, 11) is 0. The van der Waals surface area contributed by atoms with E-state index in [4.69, 9.17) is 11.2 Å². The topological polar surface area (TPSA) is 0 Å². The van der Waals surface area contributed by atoms with Crippen LogP contribution in [0.4, 0.5) is 65.9 Å². The van der Waals surface area contributed by atoms with Gasteiger partial charge in [-0.1, -0.05) is 0 Å². The smallest absolute Gasteiger partial charge is 0.200 e. The Balaban J connectivity index is 2.78. The van der Waals surface area contributed by atoms with Crippen LogP contribution in [-0.4, -0.2) is 0 Å². The molecule has 0 fully saturated rings. The van der Waals surface area contributed by atoms with E-state index >= 15 is 0 Å². The third-order valence-electron chi connectivity index (χ3n) is 4.48. The van der Waals surface area contributed by atoms with Gasteiger partial charge in [-0.2, -0.15) is 26.3 Å².